The predicted octanol–water partition coefficient (Wildman–Crippen LogP) is 2.85. The molecule has 2 nitrogen and oxygen atoms in total. The van der Waals surface area contributed by atoms with E-state index in [0.717, 1.165) is 12.8 Å². The first-order chi connectivity index (χ1) is 5.62. The van der Waals surface area contributed by atoms with Crippen LogP contribution in [-0.2, 0) is 9.84 Å². The zero-order valence-corrected chi connectivity index (χ0v) is 9.70. The Morgan fingerprint density at radius 3 is 2.50 bits per heavy atom. The van der Waals surface area contributed by atoms with Crippen LogP contribution in [0.5, 0.6) is 0 Å². The van der Waals surface area contributed by atoms with Gasteiger partial charge in [0.1, 0.15) is 4.66 Å². The van der Waals surface area contributed by atoms with Crippen LogP contribution in [0.2, 0.25) is 0 Å². The number of hydrogen-bond acceptors (Lipinski definition) is 2. The molecule has 0 unspecified atom stereocenters. The number of alkyl halides is 1. The third-order valence-electron chi connectivity index (χ3n) is 1.43. The summed E-state index contributed by atoms with van der Waals surface area (Å²) in [6.07, 6.45) is 5.99. The van der Waals surface area contributed by atoms with Crippen molar-refractivity contribution in [1.82, 2.24) is 0 Å². The summed E-state index contributed by atoms with van der Waals surface area (Å²) in [6.45, 7) is 2.12. The van der Waals surface area contributed by atoms with Crippen molar-refractivity contribution in [2.45, 2.75) is 32.6 Å². The second-order valence-electron chi connectivity index (χ2n) is 2.64. The van der Waals surface area contributed by atoms with Gasteiger partial charge in [-0.25, -0.2) is 8.42 Å². The zero-order chi connectivity index (χ0) is 9.45. The second-order valence-corrected chi connectivity index (χ2v) is 5.83. The molecule has 0 spiro atoms. The summed E-state index contributed by atoms with van der Waals surface area (Å²) in [5, 5.41) is 1.29. The Kier molecular flexibility index (Phi) is 6.76. The molecule has 0 aliphatic rings. The smallest absolute Gasteiger partial charge is 0.181 e. The van der Waals surface area contributed by atoms with Crippen LogP contribution in [0.4, 0.5) is 0 Å². The van der Waals surface area contributed by atoms with Crippen LogP contribution < -0.4 is 0 Å². The van der Waals surface area contributed by atoms with Crippen molar-refractivity contribution in [2.24, 2.45) is 0 Å². The lowest BCUT2D eigenvalue weighted by molar-refractivity contribution is 0.609. The highest BCUT2D eigenvalue weighted by atomic mass is 79.9. The first kappa shape index (κ1) is 12.2. The molecule has 0 atom stereocenters. The van der Waals surface area contributed by atoms with Gasteiger partial charge in [0.2, 0.25) is 0 Å². The van der Waals surface area contributed by atoms with Crippen molar-refractivity contribution in [2.75, 3.05) is 4.66 Å². The fourth-order valence-corrected chi connectivity index (χ4v) is 1.72. The largest absolute Gasteiger partial charge is 0.223 e. The predicted molar refractivity (Wildman–Crippen MR) is 56.0 cm³/mol. The minimum absolute atomic E-state index is 0.0181. The molecule has 0 heterocycles. The number of hydrogen-bond donors (Lipinski definition) is 0. The Labute approximate surface area is 83.1 Å². The van der Waals surface area contributed by atoms with Gasteiger partial charge in [-0.3, -0.25) is 0 Å². The van der Waals surface area contributed by atoms with Gasteiger partial charge in [-0.1, -0.05) is 41.8 Å². The van der Waals surface area contributed by atoms with Gasteiger partial charge < -0.3 is 0 Å². The number of sulfone groups is 1. The lowest BCUT2D eigenvalue weighted by Gasteiger charge is -1.92. The minimum Gasteiger partial charge on any atom is -0.223 e. The van der Waals surface area contributed by atoms with Gasteiger partial charge in [0.15, 0.2) is 9.84 Å². The van der Waals surface area contributed by atoms with E-state index in [1.165, 1.54) is 18.2 Å². The average molecular weight is 255 g/mol. The Hall–Kier alpha value is 0.170. The highest BCUT2D eigenvalue weighted by molar-refractivity contribution is 9.10. The normalized spacial score (nSPS) is 12.5. The number of rotatable bonds is 6. The second kappa shape index (κ2) is 6.66. The Balaban J connectivity index is 3.63. The first-order valence-electron chi connectivity index (χ1n) is 4.07. The topological polar surface area (TPSA) is 34.1 Å². The summed E-state index contributed by atoms with van der Waals surface area (Å²) in [4.78, 5) is 0. The van der Waals surface area contributed by atoms with Crippen molar-refractivity contribution < 1.29 is 8.42 Å². The quantitative estimate of drug-likeness (QED) is 0.540. The van der Waals surface area contributed by atoms with Crippen molar-refractivity contribution in [3.05, 3.63) is 11.5 Å². The summed E-state index contributed by atoms with van der Waals surface area (Å²) in [5.41, 5.74) is 0. The summed E-state index contributed by atoms with van der Waals surface area (Å²) < 4.78 is 21.8. The first-order valence-corrected chi connectivity index (χ1v) is 6.91. The SMILES string of the molecule is CCCCC/C=C/S(=O)(=O)CBr. The van der Waals surface area contributed by atoms with Crippen LogP contribution in [0.15, 0.2) is 11.5 Å². The lowest BCUT2D eigenvalue weighted by Crippen LogP contribution is -1.93. The van der Waals surface area contributed by atoms with Crippen LogP contribution in [0, 0.1) is 0 Å². The van der Waals surface area contributed by atoms with Crippen LogP contribution in [0.25, 0.3) is 0 Å². The van der Waals surface area contributed by atoms with Crippen molar-refractivity contribution in [3.8, 4) is 0 Å². The lowest BCUT2D eigenvalue weighted by atomic mass is 10.2. The standard InChI is InChI=1S/C8H15BrO2S/c1-2-3-4-5-6-7-12(10,11)8-9/h6-7H,2-5,8H2,1H3/b7-6+. The van der Waals surface area contributed by atoms with Crippen LogP contribution in [-0.4, -0.2) is 13.1 Å². The Bertz CT molecular complexity index is 219. The molecule has 0 aliphatic carbocycles. The molecule has 4 heteroatoms. The molecular weight excluding hydrogens is 240 g/mol. The summed E-state index contributed by atoms with van der Waals surface area (Å²) in [7, 11) is -2.97. The molecule has 0 saturated heterocycles. The molecule has 0 fully saturated rings. The van der Waals surface area contributed by atoms with Crippen LogP contribution in [0.1, 0.15) is 32.6 Å². The number of halogens is 1. The van der Waals surface area contributed by atoms with E-state index in [-0.39, 0.29) is 4.66 Å². The molecular formula is C8H15BrO2S. The fraction of sp³-hybridized carbons (Fsp3) is 0.750. The Morgan fingerprint density at radius 2 is 2.00 bits per heavy atom. The van der Waals surface area contributed by atoms with Crippen LogP contribution >= 0.6 is 15.9 Å². The van der Waals surface area contributed by atoms with E-state index < -0.39 is 9.84 Å². The molecule has 0 bridgehead atoms. The van der Waals surface area contributed by atoms with Gasteiger partial charge in [0.05, 0.1) is 0 Å². The van der Waals surface area contributed by atoms with E-state index in [1.54, 1.807) is 6.08 Å². The monoisotopic (exact) mass is 254 g/mol. The van der Waals surface area contributed by atoms with E-state index >= 15 is 0 Å². The summed E-state index contributed by atoms with van der Waals surface area (Å²) in [6, 6.07) is 0. The number of unbranched alkanes of at least 4 members (excludes halogenated alkanes) is 3. The third kappa shape index (κ3) is 6.85. The Morgan fingerprint density at radius 1 is 1.33 bits per heavy atom. The van der Waals surface area contributed by atoms with Gasteiger partial charge in [0, 0.05) is 5.41 Å². The van der Waals surface area contributed by atoms with Gasteiger partial charge in [-0.05, 0) is 12.8 Å². The maximum Gasteiger partial charge on any atom is 0.181 e. The van der Waals surface area contributed by atoms with E-state index in [4.69, 9.17) is 0 Å². The van der Waals surface area contributed by atoms with Gasteiger partial charge in [-0.15, -0.1) is 0 Å². The van der Waals surface area contributed by atoms with Gasteiger partial charge in [-0.2, -0.15) is 0 Å². The van der Waals surface area contributed by atoms with Crippen molar-refractivity contribution in [1.29, 1.82) is 0 Å². The summed E-state index contributed by atoms with van der Waals surface area (Å²) in [5.74, 6) is 0. The maximum absolute atomic E-state index is 10.9. The average Bonchev–Trinajstić information content (AvgIpc) is 2.04. The maximum atomic E-state index is 10.9. The molecule has 12 heavy (non-hydrogen) atoms. The molecule has 0 aromatic rings. The van der Waals surface area contributed by atoms with Gasteiger partial charge >= 0.3 is 0 Å². The molecule has 0 rings (SSSR count). The van der Waals surface area contributed by atoms with E-state index in [1.807, 2.05) is 0 Å². The summed E-state index contributed by atoms with van der Waals surface area (Å²) >= 11 is 2.91. The molecule has 0 amide bonds. The van der Waals surface area contributed by atoms with Crippen LogP contribution in [0.3, 0.4) is 0 Å². The molecule has 0 aromatic carbocycles. The van der Waals surface area contributed by atoms with E-state index in [9.17, 15) is 8.42 Å². The molecule has 0 N–H and O–H groups in total. The zero-order valence-electron chi connectivity index (χ0n) is 7.29. The van der Waals surface area contributed by atoms with Crippen molar-refractivity contribution in [3.63, 3.8) is 0 Å². The molecule has 0 saturated carbocycles. The molecule has 0 aromatic heterocycles. The minimum atomic E-state index is -2.97. The number of allylic oxidation sites excluding steroid dienone is 1. The highest BCUT2D eigenvalue weighted by Gasteiger charge is 1.99. The molecule has 0 aliphatic heterocycles. The molecule has 0 radical (unpaired) electrons. The van der Waals surface area contributed by atoms with E-state index in [2.05, 4.69) is 22.9 Å². The highest BCUT2D eigenvalue weighted by Crippen LogP contribution is 2.03. The van der Waals surface area contributed by atoms with Gasteiger partial charge in [0.25, 0.3) is 0 Å². The van der Waals surface area contributed by atoms with E-state index in [0.29, 0.717) is 0 Å². The molecule has 72 valence electrons. The fourth-order valence-electron chi connectivity index (χ4n) is 0.763. The third-order valence-corrected chi connectivity index (χ3v) is 4.26. The van der Waals surface area contributed by atoms with Crippen molar-refractivity contribution >= 4 is 25.8 Å².